The second-order valence-electron chi connectivity index (χ2n) is 2.39. The van der Waals surface area contributed by atoms with E-state index in [4.69, 9.17) is 9.78 Å². The minimum Gasteiger partial charge on any atom is -0.460 e. The summed E-state index contributed by atoms with van der Waals surface area (Å²) in [5.41, 5.74) is 0. The molecule has 0 N–H and O–H groups in total. The number of carbonyl (C=O) groups excluding carboxylic acids is 1. The Labute approximate surface area is 80.5 Å². The van der Waals surface area contributed by atoms with Crippen LogP contribution in [0.5, 0.6) is 0 Å². The van der Waals surface area contributed by atoms with Gasteiger partial charge >= 0.3 is 5.97 Å². The van der Waals surface area contributed by atoms with E-state index in [-0.39, 0.29) is 24.7 Å². The molecule has 1 aromatic rings. The summed E-state index contributed by atoms with van der Waals surface area (Å²) >= 11 is 0. The molecule has 0 radical (unpaired) electrons. The predicted octanol–water partition coefficient (Wildman–Crippen LogP) is 0.702. The number of nitriles is 1. The van der Waals surface area contributed by atoms with E-state index in [9.17, 15) is 4.79 Å². The molecular weight excluding hydrogens is 186 g/mol. The molecule has 74 valence electrons. The Morgan fingerprint density at radius 3 is 3.14 bits per heavy atom. The Morgan fingerprint density at radius 1 is 1.71 bits per heavy atom. The molecule has 1 rings (SSSR count). The molecule has 6 nitrogen and oxygen atoms in total. The van der Waals surface area contributed by atoms with Gasteiger partial charge in [-0.25, -0.2) is 4.79 Å². The third-order valence-electron chi connectivity index (χ3n) is 1.38. The first-order chi connectivity index (χ1) is 6.77. The molecule has 6 heteroatoms. The van der Waals surface area contributed by atoms with E-state index in [0.29, 0.717) is 6.42 Å². The molecule has 0 saturated heterocycles. The Hall–Kier alpha value is -1.90. The Morgan fingerprint density at radius 2 is 2.50 bits per heavy atom. The van der Waals surface area contributed by atoms with Gasteiger partial charge in [0, 0.05) is 12.8 Å². The van der Waals surface area contributed by atoms with Crippen LogP contribution in [0.25, 0.3) is 0 Å². The van der Waals surface area contributed by atoms with Gasteiger partial charge in [-0.3, -0.25) is 0 Å². The van der Waals surface area contributed by atoms with Crippen molar-refractivity contribution in [3.8, 4) is 6.07 Å². The van der Waals surface area contributed by atoms with Crippen LogP contribution in [-0.4, -0.2) is 22.7 Å². The van der Waals surface area contributed by atoms with Crippen molar-refractivity contribution in [2.24, 2.45) is 0 Å². The molecular formula is C8H9N3O3. The van der Waals surface area contributed by atoms with Crippen molar-refractivity contribution in [3.05, 3.63) is 11.7 Å². The minimum atomic E-state index is -0.612. The van der Waals surface area contributed by atoms with Gasteiger partial charge in [0.05, 0.1) is 12.7 Å². The smallest absolute Gasteiger partial charge is 0.379 e. The number of aromatic nitrogens is 2. The molecule has 0 aliphatic heterocycles. The summed E-state index contributed by atoms with van der Waals surface area (Å²) in [6.07, 6.45) is 0.632. The van der Waals surface area contributed by atoms with Crippen molar-refractivity contribution < 1.29 is 14.1 Å². The summed E-state index contributed by atoms with van der Waals surface area (Å²) in [5.74, 6) is -0.436. The van der Waals surface area contributed by atoms with Gasteiger partial charge in [-0.05, 0) is 12.1 Å². The zero-order valence-corrected chi connectivity index (χ0v) is 7.69. The first-order valence-corrected chi connectivity index (χ1v) is 4.14. The second-order valence-corrected chi connectivity index (χ2v) is 2.39. The summed E-state index contributed by atoms with van der Waals surface area (Å²) < 4.78 is 9.38. The summed E-state index contributed by atoms with van der Waals surface area (Å²) in [6, 6.07) is 1.94. The number of aryl methyl sites for hydroxylation is 1. The fourth-order valence-electron chi connectivity index (χ4n) is 0.798. The minimum absolute atomic E-state index is 0.0974. The highest BCUT2D eigenvalue weighted by Crippen LogP contribution is 2.01. The van der Waals surface area contributed by atoms with E-state index >= 15 is 0 Å². The van der Waals surface area contributed by atoms with Gasteiger partial charge in [-0.1, -0.05) is 0 Å². The molecule has 0 aliphatic rings. The molecule has 14 heavy (non-hydrogen) atoms. The van der Waals surface area contributed by atoms with Crippen molar-refractivity contribution in [2.75, 3.05) is 6.61 Å². The highest BCUT2D eigenvalue weighted by Gasteiger charge is 2.14. The van der Waals surface area contributed by atoms with Crippen molar-refractivity contribution in [1.29, 1.82) is 5.26 Å². The average Bonchev–Trinajstić information content (AvgIpc) is 2.63. The summed E-state index contributed by atoms with van der Waals surface area (Å²) in [4.78, 5) is 14.8. The zero-order chi connectivity index (χ0) is 10.4. The van der Waals surface area contributed by atoms with Crippen LogP contribution in [0.2, 0.25) is 0 Å². The lowest BCUT2D eigenvalue weighted by Gasteiger charge is -1.93. The van der Waals surface area contributed by atoms with Gasteiger partial charge in [0.15, 0.2) is 0 Å². The molecule has 0 unspecified atom stereocenters. The van der Waals surface area contributed by atoms with E-state index < -0.39 is 5.97 Å². The third kappa shape index (κ3) is 2.55. The summed E-state index contributed by atoms with van der Waals surface area (Å²) in [6.45, 7) is 1.95. The lowest BCUT2D eigenvalue weighted by Crippen LogP contribution is -2.06. The number of hydrogen-bond acceptors (Lipinski definition) is 6. The van der Waals surface area contributed by atoms with Crippen LogP contribution in [0, 0.1) is 11.3 Å². The topological polar surface area (TPSA) is 89.0 Å². The van der Waals surface area contributed by atoms with E-state index in [1.807, 2.05) is 6.07 Å². The molecule has 0 fully saturated rings. The third-order valence-corrected chi connectivity index (χ3v) is 1.38. The highest BCUT2D eigenvalue weighted by atomic mass is 16.5. The number of carbonyl (C=O) groups is 1. The lowest BCUT2D eigenvalue weighted by atomic mass is 10.3. The van der Waals surface area contributed by atoms with E-state index in [1.54, 1.807) is 6.92 Å². The maximum atomic E-state index is 11.1. The number of nitrogens with zero attached hydrogens (tertiary/aromatic N) is 3. The van der Waals surface area contributed by atoms with E-state index in [0.717, 1.165) is 0 Å². The van der Waals surface area contributed by atoms with Crippen LogP contribution in [0.15, 0.2) is 4.52 Å². The highest BCUT2D eigenvalue weighted by molar-refractivity contribution is 5.84. The summed E-state index contributed by atoms with van der Waals surface area (Å²) in [7, 11) is 0. The van der Waals surface area contributed by atoms with E-state index in [2.05, 4.69) is 14.9 Å². The predicted molar refractivity (Wildman–Crippen MR) is 44.2 cm³/mol. The van der Waals surface area contributed by atoms with Gasteiger partial charge < -0.3 is 9.26 Å². The van der Waals surface area contributed by atoms with Crippen molar-refractivity contribution in [3.63, 3.8) is 0 Å². The van der Waals surface area contributed by atoms with Crippen molar-refractivity contribution in [2.45, 2.75) is 19.8 Å². The fraction of sp³-hybridized carbons (Fsp3) is 0.500. The molecule has 0 saturated carbocycles. The quantitative estimate of drug-likeness (QED) is 0.657. The summed E-state index contributed by atoms with van der Waals surface area (Å²) in [5, 5.41) is 11.7. The van der Waals surface area contributed by atoms with Crippen LogP contribution in [-0.2, 0) is 11.2 Å². The zero-order valence-electron chi connectivity index (χ0n) is 7.69. The molecule has 0 amide bonds. The van der Waals surface area contributed by atoms with E-state index in [1.165, 1.54) is 0 Å². The standard InChI is InChI=1S/C8H9N3O3/c1-2-13-8(12)7-10-6(14-11-7)4-3-5-9/h2-4H2,1H3. The molecule has 0 aliphatic carbocycles. The molecule has 1 aromatic heterocycles. The van der Waals surface area contributed by atoms with Crippen LogP contribution in [0.4, 0.5) is 0 Å². The average molecular weight is 195 g/mol. The normalized spacial score (nSPS) is 9.43. The number of rotatable bonds is 4. The molecule has 0 spiro atoms. The molecule has 1 heterocycles. The molecule has 0 bridgehead atoms. The Bertz CT molecular complexity index is 353. The van der Waals surface area contributed by atoms with Crippen molar-refractivity contribution in [1.82, 2.24) is 10.1 Å². The molecule has 0 aromatic carbocycles. The Kier molecular flexibility index (Phi) is 3.61. The van der Waals surface area contributed by atoms with Gasteiger partial charge in [-0.15, -0.1) is 0 Å². The number of ether oxygens (including phenoxy) is 1. The number of hydrogen-bond donors (Lipinski definition) is 0. The maximum absolute atomic E-state index is 11.1. The largest absolute Gasteiger partial charge is 0.460 e. The Balaban J connectivity index is 2.59. The SMILES string of the molecule is CCOC(=O)c1noc(CCC#N)n1. The van der Waals surface area contributed by atoms with Crippen LogP contribution in [0.1, 0.15) is 29.9 Å². The van der Waals surface area contributed by atoms with Crippen LogP contribution in [0.3, 0.4) is 0 Å². The van der Waals surface area contributed by atoms with Crippen LogP contribution >= 0.6 is 0 Å². The first kappa shape index (κ1) is 10.2. The van der Waals surface area contributed by atoms with Gasteiger partial charge in [0.1, 0.15) is 0 Å². The van der Waals surface area contributed by atoms with Crippen molar-refractivity contribution >= 4 is 5.97 Å². The molecule has 0 atom stereocenters. The van der Waals surface area contributed by atoms with Gasteiger partial charge in [-0.2, -0.15) is 10.2 Å². The monoisotopic (exact) mass is 195 g/mol. The number of esters is 1. The maximum Gasteiger partial charge on any atom is 0.379 e. The first-order valence-electron chi connectivity index (χ1n) is 4.14. The second kappa shape index (κ2) is 4.97. The van der Waals surface area contributed by atoms with Gasteiger partial charge in [0.2, 0.25) is 5.89 Å². The van der Waals surface area contributed by atoms with Crippen LogP contribution < -0.4 is 0 Å². The fourth-order valence-corrected chi connectivity index (χ4v) is 0.798. The lowest BCUT2D eigenvalue weighted by molar-refractivity contribution is 0.0508. The van der Waals surface area contributed by atoms with Gasteiger partial charge in [0.25, 0.3) is 5.82 Å².